The van der Waals surface area contributed by atoms with Crippen molar-refractivity contribution in [3.63, 3.8) is 0 Å². The SMILES string of the molecule is CCCCn1c(=O)[nH]c(=O)c2c1nc(Cn1nnc(-c3ccccc3)n1)n2CC. The molecule has 0 aliphatic carbocycles. The molecule has 10 nitrogen and oxygen atoms in total. The number of tetrazole rings is 1. The van der Waals surface area contributed by atoms with Gasteiger partial charge >= 0.3 is 5.69 Å². The molecule has 0 bridgehead atoms. The predicted molar refractivity (Wildman–Crippen MR) is 108 cm³/mol. The van der Waals surface area contributed by atoms with Crippen molar-refractivity contribution in [1.29, 1.82) is 0 Å². The van der Waals surface area contributed by atoms with E-state index >= 15 is 0 Å². The minimum atomic E-state index is -0.437. The molecule has 0 aliphatic rings. The van der Waals surface area contributed by atoms with Gasteiger partial charge in [-0.25, -0.2) is 9.78 Å². The van der Waals surface area contributed by atoms with E-state index in [4.69, 9.17) is 0 Å². The second-order valence-electron chi connectivity index (χ2n) is 6.72. The zero-order chi connectivity index (χ0) is 20.4. The summed E-state index contributed by atoms with van der Waals surface area (Å²) in [5.41, 5.74) is 0.782. The highest BCUT2D eigenvalue weighted by Gasteiger charge is 2.18. The molecular weight excluding hydrogens is 372 g/mol. The summed E-state index contributed by atoms with van der Waals surface area (Å²) < 4.78 is 3.32. The van der Waals surface area contributed by atoms with Crippen LogP contribution in [0.2, 0.25) is 0 Å². The molecule has 0 unspecified atom stereocenters. The number of aryl methyl sites for hydroxylation is 2. The van der Waals surface area contributed by atoms with Crippen LogP contribution in [-0.2, 0) is 19.6 Å². The summed E-state index contributed by atoms with van der Waals surface area (Å²) >= 11 is 0. The number of benzene rings is 1. The van der Waals surface area contributed by atoms with Crippen LogP contribution in [0.15, 0.2) is 39.9 Å². The van der Waals surface area contributed by atoms with Gasteiger partial charge in [0.1, 0.15) is 12.4 Å². The third-order valence-electron chi connectivity index (χ3n) is 4.78. The van der Waals surface area contributed by atoms with Crippen molar-refractivity contribution in [3.05, 3.63) is 57.0 Å². The van der Waals surface area contributed by atoms with Crippen LogP contribution in [0.3, 0.4) is 0 Å². The number of rotatable bonds is 7. The van der Waals surface area contributed by atoms with E-state index in [1.165, 1.54) is 9.36 Å². The van der Waals surface area contributed by atoms with E-state index in [-0.39, 0.29) is 6.54 Å². The fourth-order valence-corrected chi connectivity index (χ4v) is 3.34. The number of aromatic nitrogens is 8. The minimum absolute atomic E-state index is 0.240. The number of aromatic amines is 1. The molecule has 0 atom stereocenters. The summed E-state index contributed by atoms with van der Waals surface area (Å²) in [5, 5.41) is 12.6. The summed E-state index contributed by atoms with van der Waals surface area (Å²) in [6, 6.07) is 9.57. The molecule has 4 rings (SSSR count). The molecule has 0 saturated heterocycles. The van der Waals surface area contributed by atoms with Crippen molar-refractivity contribution in [2.75, 3.05) is 0 Å². The van der Waals surface area contributed by atoms with Crippen molar-refractivity contribution in [3.8, 4) is 11.4 Å². The van der Waals surface area contributed by atoms with Crippen LogP contribution >= 0.6 is 0 Å². The molecule has 0 radical (unpaired) electrons. The largest absolute Gasteiger partial charge is 0.330 e. The van der Waals surface area contributed by atoms with Gasteiger partial charge in [-0.3, -0.25) is 14.3 Å². The van der Waals surface area contributed by atoms with Gasteiger partial charge in [0.05, 0.1) is 0 Å². The van der Waals surface area contributed by atoms with Crippen LogP contribution in [-0.4, -0.2) is 39.3 Å². The van der Waals surface area contributed by atoms with Gasteiger partial charge in [-0.05, 0) is 18.6 Å². The van der Waals surface area contributed by atoms with Gasteiger partial charge in [0.15, 0.2) is 11.2 Å². The summed E-state index contributed by atoms with van der Waals surface area (Å²) in [6.45, 7) is 5.24. The average molecular weight is 394 g/mol. The maximum atomic E-state index is 12.5. The van der Waals surface area contributed by atoms with Gasteiger partial charge in [-0.2, -0.15) is 4.80 Å². The highest BCUT2D eigenvalue weighted by molar-refractivity contribution is 5.71. The number of hydrogen-bond acceptors (Lipinski definition) is 6. The Bertz CT molecular complexity index is 1250. The lowest BCUT2D eigenvalue weighted by atomic mass is 10.2. The Balaban J connectivity index is 1.76. The van der Waals surface area contributed by atoms with Crippen LogP contribution in [0.4, 0.5) is 0 Å². The van der Waals surface area contributed by atoms with Gasteiger partial charge in [-0.15, -0.1) is 10.2 Å². The van der Waals surface area contributed by atoms with Gasteiger partial charge in [0, 0.05) is 18.7 Å². The van der Waals surface area contributed by atoms with E-state index in [0.717, 1.165) is 18.4 Å². The second kappa shape index (κ2) is 7.82. The fourth-order valence-electron chi connectivity index (χ4n) is 3.34. The van der Waals surface area contributed by atoms with Crippen LogP contribution < -0.4 is 11.2 Å². The second-order valence-corrected chi connectivity index (χ2v) is 6.72. The van der Waals surface area contributed by atoms with E-state index in [1.807, 2.05) is 44.2 Å². The van der Waals surface area contributed by atoms with E-state index in [2.05, 4.69) is 25.4 Å². The average Bonchev–Trinajstić information content (AvgIpc) is 3.33. The molecule has 1 N–H and O–H groups in total. The normalized spacial score (nSPS) is 11.4. The Morgan fingerprint density at radius 2 is 1.86 bits per heavy atom. The number of hydrogen-bond donors (Lipinski definition) is 1. The van der Waals surface area contributed by atoms with Crippen molar-refractivity contribution in [2.24, 2.45) is 0 Å². The number of imidazole rings is 1. The first-order chi connectivity index (χ1) is 14.1. The Labute approximate surface area is 165 Å². The molecule has 150 valence electrons. The molecule has 3 heterocycles. The van der Waals surface area contributed by atoms with E-state index < -0.39 is 11.2 Å². The molecule has 4 aromatic rings. The van der Waals surface area contributed by atoms with Crippen molar-refractivity contribution < 1.29 is 0 Å². The molecule has 0 spiro atoms. The highest BCUT2D eigenvalue weighted by atomic mass is 16.2. The van der Waals surface area contributed by atoms with Gasteiger partial charge in [-0.1, -0.05) is 43.7 Å². The molecule has 29 heavy (non-hydrogen) atoms. The Kier molecular flexibility index (Phi) is 5.07. The van der Waals surface area contributed by atoms with Crippen LogP contribution in [0.1, 0.15) is 32.5 Å². The number of unbranched alkanes of at least 4 members (excludes halogenated alkanes) is 1. The number of H-pyrrole nitrogens is 1. The first-order valence-corrected chi connectivity index (χ1v) is 9.67. The van der Waals surface area contributed by atoms with E-state index in [1.54, 1.807) is 4.57 Å². The standard InChI is InChI=1S/C19H22N8O2/c1-3-5-11-26-17-15(18(28)21-19(26)29)25(4-2)14(20-17)12-27-23-16(22-24-27)13-9-7-6-8-10-13/h6-10H,3-5,11-12H2,1-2H3,(H,21,28,29). The molecule has 0 fully saturated rings. The summed E-state index contributed by atoms with van der Waals surface area (Å²) in [7, 11) is 0. The topological polar surface area (TPSA) is 116 Å². The van der Waals surface area contributed by atoms with Crippen LogP contribution in [0.5, 0.6) is 0 Å². The van der Waals surface area contributed by atoms with Crippen LogP contribution in [0.25, 0.3) is 22.6 Å². The molecule has 1 aromatic carbocycles. The van der Waals surface area contributed by atoms with Gasteiger partial charge in [0.2, 0.25) is 5.82 Å². The summed E-state index contributed by atoms with van der Waals surface area (Å²) in [6.07, 6.45) is 1.75. The summed E-state index contributed by atoms with van der Waals surface area (Å²) in [5.74, 6) is 1.11. The van der Waals surface area contributed by atoms with E-state index in [0.29, 0.717) is 35.9 Å². The van der Waals surface area contributed by atoms with Crippen molar-refractivity contribution in [1.82, 2.24) is 39.3 Å². The minimum Gasteiger partial charge on any atom is -0.321 e. The Hall–Kier alpha value is -3.56. The third kappa shape index (κ3) is 3.48. The zero-order valence-electron chi connectivity index (χ0n) is 16.4. The molecular formula is C19H22N8O2. The lowest BCUT2D eigenvalue weighted by Crippen LogP contribution is -2.31. The number of nitrogens with one attached hydrogen (secondary N) is 1. The van der Waals surface area contributed by atoms with Crippen molar-refractivity contribution >= 4 is 11.2 Å². The highest BCUT2D eigenvalue weighted by Crippen LogP contribution is 2.15. The molecule has 3 aromatic heterocycles. The maximum Gasteiger partial charge on any atom is 0.330 e. The Morgan fingerprint density at radius 3 is 2.59 bits per heavy atom. The fraction of sp³-hybridized carbons (Fsp3) is 0.368. The zero-order valence-corrected chi connectivity index (χ0v) is 16.4. The monoisotopic (exact) mass is 394 g/mol. The predicted octanol–water partition coefficient (Wildman–Crippen LogP) is 1.41. The first kappa shape index (κ1) is 18.8. The molecule has 0 aliphatic heterocycles. The van der Waals surface area contributed by atoms with Crippen LogP contribution in [0, 0.1) is 0 Å². The third-order valence-corrected chi connectivity index (χ3v) is 4.78. The first-order valence-electron chi connectivity index (χ1n) is 9.67. The number of fused-ring (bicyclic) bond motifs is 1. The van der Waals surface area contributed by atoms with Gasteiger partial charge in [0.25, 0.3) is 5.56 Å². The smallest absolute Gasteiger partial charge is 0.321 e. The molecule has 10 heteroatoms. The van der Waals surface area contributed by atoms with E-state index in [9.17, 15) is 9.59 Å². The van der Waals surface area contributed by atoms with Gasteiger partial charge < -0.3 is 4.57 Å². The number of nitrogens with zero attached hydrogens (tertiary/aromatic N) is 7. The molecule has 0 saturated carbocycles. The molecule has 0 amide bonds. The van der Waals surface area contributed by atoms with Crippen molar-refractivity contribution in [2.45, 2.75) is 46.3 Å². The Morgan fingerprint density at radius 1 is 1.07 bits per heavy atom. The quantitative estimate of drug-likeness (QED) is 0.507. The lowest BCUT2D eigenvalue weighted by molar-refractivity contribution is 0.536. The maximum absolute atomic E-state index is 12.5. The summed E-state index contributed by atoms with van der Waals surface area (Å²) in [4.78, 5) is 33.2. The lowest BCUT2D eigenvalue weighted by Gasteiger charge is -2.06.